The van der Waals surface area contributed by atoms with Crippen LogP contribution in [-0.4, -0.2) is 10.9 Å². The molecule has 2 aromatic carbocycles. The Bertz CT molecular complexity index is 845. The van der Waals surface area contributed by atoms with Crippen molar-refractivity contribution in [3.8, 4) is 0 Å². The molecule has 0 fully saturated rings. The van der Waals surface area contributed by atoms with E-state index in [-0.39, 0.29) is 5.91 Å². The van der Waals surface area contributed by atoms with Crippen LogP contribution in [0.3, 0.4) is 0 Å². The van der Waals surface area contributed by atoms with Crippen molar-refractivity contribution in [2.75, 3.05) is 10.6 Å². The molecule has 5 heteroatoms. The smallest absolute Gasteiger partial charge is 0.255 e. The number of nitrogens with one attached hydrogen (secondary N) is 2. The molecule has 0 aliphatic heterocycles. The molecule has 0 unspecified atom stereocenters. The van der Waals surface area contributed by atoms with Crippen LogP contribution in [0, 0.1) is 6.92 Å². The Balaban J connectivity index is 1.67. The number of halogens is 1. The Kier molecular flexibility index (Phi) is 4.91. The molecule has 0 saturated heterocycles. The zero-order valence-corrected chi connectivity index (χ0v) is 14.7. The van der Waals surface area contributed by atoms with Gasteiger partial charge in [-0.05, 0) is 59.3 Å². The maximum atomic E-state index is 12.2. The Morgan fingerprint density at radius 2 is 1.75 bits per heavy atom. The summed E-state index contributed by atoms with van der Waals surface area (Å²) in [5.74, 6) is 0.554. The van der Waals surface area contributed by atoms with Crippen molar-refractivity contribution in [2.24, 2.45) is 0 Å². The van der Waals surface area contributed by atoms with Crippen molar-refractivity contribution < 1.29 is 4.79 Å². The van der Waals surface area contributed by atoms with Crippen LogP contribution in [-0.2, 0) is 0 Å². The van der Waals surface area contributed by atoms with Gasteiger partial charge in [0.1, 0.15) is 5.82 Å². The van der Waals surface area contributed by atoms with Gasteiger partial charge in [0.2, 0.25) is 0 Å². The number of aromatic nitrogens is 1. The molecule has 0 aliphatic carbocycles. The minimum Gasteiger partial charge on any atom is -0.339 e. The summed E-state index contributed by atoms with van der Waals surface area (Å²) in [4.78, 5) is 16.5. The molecule has 3 aromatic rings. The van der Waals surface area contributed by atoms with Gasteiger partial charge in [-0.1, -0.05) is 29.8 Å². The van der Waals surface area contributed by atoms with Gasteiger partial charge in [-0.25, -0.2) is 4.98 Å². The zero-order valence-electron chi connectivity index (χ0n) is 13.1. The maximum Gasteiger partial charge on any atom is 0.255 e. The molecule has 2 N–H and O–H groups in total. The monoisotopic (exact) mass is 381 g/mol. The fraction of sp³-hybridized carbons (Fsp3) is 0.0526. The number of para-hydroxylation sites is 1. The highest BCUT2D eigenvalue weighted by Gasteiger charge is 2.06. The summed E-state index contributed by atoms with van der Waals surface area (Å²) >= 11 is 3.48. The highest BCUT2D eigenvalue weighted by atomic mass is 79.9. The quantitative estimate of drug-likeness (QED) is 0.656. The van der Waals surface area contributed by atoms with Gasteiger partial charge in [-0.15, -0.1) is 0 Å². The number of carbonyl (C=O) groups excluding carboxylic acids is 1. The summed E-state index contributed by atoms with van der Waals surface area (Å²) in [7, 11) is 0. The molecule has 120 valence electrons. The van der Waals surface area contributed by atoms with Crippen LogP contribution in [0.25, 0.3) is 0 Å². The van der Waals surface area contributed by atoms with E-state index in [1.165, 1.54) is 0 Å². The van der Waals surface area contributed by atoms with Crippen LogP contribution < -0.4 is 10.6 Å². The number of benzene rings is 2. The molecule has 1 amide bonds. The van der Waals surface area contributed by atoms with E-state index in [1.807, 2.05) is 55.5 Å². The van der Waals surface area contributed by atoms with Gasteiger partial charge in [0.05, 0.1) is 17.6 Å². The van der Waals surface area contributed by atoms with Gasteiger partial charge in [0, 0.05) is 10.0 Å². The molecule has 0 spiro atoms. The first-order valence-corrected chi connectivity index (χ1v) is 8.27. The number of pyridine rings is 1. The molecule has 4 nitrogen and oxygen atoms in total. The first-order valence-electron chi connectivity index (χ1n) is 7.47. The third-order valence-electron chi connectivity index (χ3n) is 3.47. The number of anilines is 3. The van der Waals surface area contributed by atoms with Crippen LogP contribution in [0.5, 0.6) is 0 Å². The second-order valence-corrected chi connectivity index (χ2v) is 6.21. The predicted octanol–water partition coefficient (Wildman–Crippen LogP) is 5.15. The van der Waals surface area contributed by atoms with E-state index in [2.05, 4.69) is 31.5 Å². The van der Waals surface area contributed by atoms with Crippen LogP contribution >= 0.6 is 15.9 Å². The molecule has 1 aromatic heterocycles. The number of amides is 1. The molecule has 0 bridgehead atoms. The first kappa shape index (κ1) is 16.2. The van der Waals surface area contributed by atoms with Gasteiger partial charge in [-0.3, -0.25) is 4.79 Å². The largest absolute Gasteiger partial charge is 0.339 e. The Morgan fingerprint density at radius 1 is 1.00 bits per heavy atom. The number of aryl methyl sites for hydroxylation is 1. The lowest BCUT2D eigenvalue weighted by Crippen LogP contribution is -2.12. The third-order valence-corrected chi connectivity index (χ3v) is 4.16. The Labute approximate surface area is 149 Å². The zero-order chi connectivity index (χ0) is 16.9. The Hall–Kier alpha value is -2.66. The average molecular weight is 382 g/mol. The lowest BCUT2D eigenvalue weighted by Gasteiger charge is -2.09. The summed E-state index contributed by atoms with van der Waals surface area (Å²) in [6.07, 6.45) is 1.63. The SMILES string of the molecule is Cc1ccc(C(=O)Nc2ccc(Nc3ccccc3Br)nc2)cc1. The molecule has 0 atom stereocenters. The maximum absolute atomic E-state index is 12.2. The molecule has 0 aliphatic rings. The standard InChI is InChI=1S/C19H16BrN3O/c1-13-6-8-14(9-7-13)19(24)22-15-10-11-18(21-12-15)23-17-5-3-2-4-16(17)20/h2-12H,1H3,(H,21,23)(H,22,24). The van der Waals surface area contributed by atoms with Gasteiger partial charge in [-0.2, -0.15) is 0 Å². The fourth-order valence-corrected chi connectivity index (χ4v) is 2.53. The third kappa shape index (κ3) is 4.00. The van der Waals surface area contributed by atoms with Crippen molar-refractivity contribution in [3.05, 3.63) is 82.5 Å². The van der Waals surface area contributed by atoms with Crippen molar-refractivity contribution in [3.63, 3.8) is 0 Å². The van der Waals surface area contributed by atoms with Crippen LogP contribution in [0.4, 0.5) is 17.2 Å². The minimum atomic E-state index is -0.150. The van der Waals surface area contributed by atoms with Crippen molar-refractivity contribution in [2.45, 2.75) is 6.92 Å². The summed E-state index contributed by atoms with van der Waals surface area (Å²) in [5, 5.41) is 6.06. The van der Waals surface area contributed by atoms with Crippen molar-refractivity contribution >= 4 is 39.0 Å². The average Bonchev–Trinajstić information content (AvgIpc) is 2.59. The van der Waals surface area contributed by atoms with E-state index in [0.29, 0.717) is 17.1 Å². The van der Waals surface area contributed by atoms with Gasteiger partial charge < -0.3 is 10.6 Å². The van der Waals surface area contributed by atoms with Crippen LogP contribution in [0.2, 0.25) is 0 Å². The molecular weight excluding hydrogens is 366 g/mol. The molecule has 0 radical (unpaired) electrons. The summed E-state index contributed by atoms with van der Waals surface area (Å²) in [5.41, 5.74) is 3.33. The minimum absolute atomic E-state index is 0.150. The van der Waals surface area contributed by atoms with Gasteiger partial charge in [0.15, 0.2) is 0 Å². The summed E-state index contributed by atoms with van der Waals surface area (Å²) in [6.45, 7) is 1.99. The molecule has 3 rings (SSSR count). The number of hydrogen-bond donors (Lipinski definition) is 2. The van der Waals surface area contributed by atoms with E-state index < -0.39 is 0 Å². The molecule has 24 heavy (non-hydrogen) atoms. The lowest BCUT2D eigenvalue weighted by atomic mass is 10.1. The van der Waals surface area contributed by atoms with E-state index in [4.69, 9.17) is 0 Å². The van der Waals surface area contributed by atoms with E-state index in [1.54, 1.807) is 18.3 Å². The normalized spacial score (nSPS) is 10.2. The Morgan fingerprint density at radius 3 is 2.42 bits per heavy atom. The van der Waals surface area contributed by atoms with Crippen molar-refractivity contribution in [1.29, 1.82) is 0 Å². The van der Waals surface area contributed by atoms with Crippen molar-refractivity contribution in [1.82, 2.24) is 4.98 Å². The van der Waals surface area contributed by atoms with E-state index in [9.17, 15) is 4.79 Å². The second kappa shape index (κ2) is 7.27. The fourth-order valence-electron chi connectivity index (χ4n) is 2.15. The highest BCUT2D eigenvalue weighted by Crippen LogP contribution is 2.24. The van der Waals surface area contributed by atoms with Crippen LogP contribution in [0.1, 0.15) is 15.9 Å². The summed E-state index contributed by atoms with van der Waals surface area (Å²) in [6, 6.07) is 18.9. The summed E-state index contributed by atoms with van der Waals surface area (Å²) < 4.78 is 0.962. The van der Waals surface area contributed by atoms with Gasteiger partial charge >= 0.3 is 0 Å². The molecular formula is C19H16BrN3O. The molecule has 1 heterocycles. The second-order valence-electron chi connectivity index (χ2n) is 5.36. The van der Waals surface area contributed by atoms with Gasteiger partial charge in [0.25, 0.3) is 5.91 Å². The first-order chi connectivity index (χ1) is 11.6. The van der Waals surface area contributed by atoms with Crippen LogP contribution in [0.15, 0.2) is 71.3 Å². The van der Waals surface area contributed by atoms with E-state index >= 15 is 0 Å². The lowest BCUT2D eigenvalue weighted by molar-refractivity contribution is 0.102. The predicted molar refractivity (Wildman–Crippen MR) is 101 cm³/mol. The number of hydrogen-bond acceptors (Lipinski definition) is 3. The number of rotatable bonds is 4. The highest BCUT2D eigenvalue weighted by molar-refractivity contribution is 9.10. The number of carbonyl (C=O) groups is 1. The topological polar surface area (TPSA) is 54.0 Å². The van der Waals surface area contributed by atoms with E-state index in [0.717, 1.165) is 15.7 Å². The number of nitrogens with zero attached hydrogens (tertiary/aromatic N) is 1. The molecule has 0 saturated carbocycles.